The summed E-state index contributed by atoms with van der Waals surface area (Å²) in [5.74, 6) is -0.655. The second kappa shape index (κ2) is 16.5. The van der Waals surface area contributed by atoms with Crippen LogP contribution in [0.5, 0.6) is 0 Å². The number of hydrogen-bond acceptors (Lipinski definition) is 9. The molecule has 260 valence electrons. The number of piperidine rings is 3. The van der Waals surface area contributed by atoms with Crippen LogP contribution in [0, 0.1) is 11.2 Å². The lowest BCUT2D eigenvalue weighted by atomic mass is 9.59. The van der Waals surface area contributed by atoms with Crippen molar-refractivity contribution in [2.45, 2.75) is 95.0 Å². The summed E-state index contributed by atoms with van der Waals surface area (Å²) >= 11 is 0. The van der Waals surface area contributed by atoms with Gasteiger partial charge in [-0.2, -0.15) is 0 Å². The van der Waals surface area contributed by atoms with Crippen LogP contribution >= 0.6 is 0 Å². The van der Waals surface area contributed by atoms with E-state index in [2.05, 4.69) is 48.9 Å². The molecule has 1 aromatic rings. The lowest BCUT2D eigenvalue weighted by Crippen LogP contribution is -2.58. The molecule has 1 saturated carbocycles. The van der Waals surface area contributed by atoms with Gasteiger partial charge in [0.2, 0.25) is 0 Å². The highest BCUT2D eigenvalue weighted by Crippen LogP contribution is 2.52. The van der Waals surface area contributed by atoms with Gasteiger partial charge in [-0.3, -0.25) is 15.1 Å². The first kappa shape index (κ1) is 35.4. The second-order valence-electron chi connectivity index (χ2n) is 14.2. The van der Waals surface area contributed by atoms with Crippen molar-refractivity contribution in [1.29, 1.82) is 0 Å². The molecule has 0 bridgehead atoms. The molecule has 1 aliphatic carbocycles. The zero-order valence-corrected chi connectivity index (χ0v) is 28.6. The van der Waals surface area contributed by atoms with E-state index >= 15 is 4.39 Å². The number of ether oxygens (including phenoxy) is 1. The van der Waals surface area contributed by atoms with Gasteiger partial charge in [0.05, 0.1) is 25.0 Å². The Bertz CT molecular complexity index is 1230. The molecule has 3 aliphatic heterocycles. The van der Waals surface area contributed by atoms with Crippen molar-refractivity contribution < 1.29 is 18.7 Å². The molecule has 1 amide bonds. The Labute approximate surface area is 280 Å². The standard InChI is InChI=1S/C36H56FN7O3/c1-26(39-3)33(6-5-19-45)41-35(46)31-21-34(32(37)20-27(31)24-47-4)44-17-11-36(12-18-44)22-30(23-36)43-15-9-29(10-16-43)42-13-7-28(8-14-42)40-25-38-2/h19-21,28-30,33,39-40H,1-2,5-18,22-25H2,3-4H3,(H,41,46). The average molecular weight is 654 g/mol. The molecule has 4 aliphatic rings. The van der Waals surface area contributed by atoms with Gasteiger partial charge in [-0.15, -0.1) is 0 Å². The number of rotatable bonds is 15. The first-order chi connectivity index (χ1) is 22.8. The Balaban J connectivity index is 1.12. The molecule has 0 radical (unpaired) electrons. The van der Waals surface area contributed by atoms with Crippen molar-refractivity contribution in [3.05, 3.63) is 41.4 Å². The number of hydrogen-bond donors (Lipinski definition) is 3. The number of likely N-dealkylation sites (tertiary alicyclic amines) is 2. The number of nitrogens with zero attached hydrogens (tertiary/aromatic N) is 4. The van der Waals surface area contributed by atoms with E-state index in [1.165, 1.54) is 77.9 Å². The van der Waals surface area contributed by atoms with Crippen LogP contribution < -0.4 is 20.9 Å². The predicted molar refractivity (Wildman–Crippen MR) is 186 cm³/mol. The first-order valence-electron chi connectivity index (χ1n) is 17.6. The number of methoxy groups -OCH3 is 1. The van der Waals surface area contributed by atoms with Crippen LogP contribution in [0.3, 0.4) is 0 Å². The van der Waals surface area contributed by atoms with Crippen molar-refractivity contribution in [3.63, 3.8) is 0 Å². The lowest BCUT2D eigenvalue weighted by molar-refractivity contribution is -0.108. The van der Waals surface area contributed by atoms with Crippen molar-refractivity contribution >= 4 is 24.6 Å². The molecule has 11 heteroatoms. The molecule has 0 aromatic heterocycles. The van der Waals surface area contributed by atoms with E-state index in [-0.39, 0.29) is 18.3 Å². The minimum absolute atomic E-state index is 0.123. The average Bonchev–Trinajstić information content (AvgIpc) is 3.08. The van der Waals surface area contributed by atoms with Crippen LogP contribution in [-0.2, 0) is 16.1 Å². The third-order valence-electron chi connectivity index (χ3n) is 11.4. The number of benzene rings is 1. The second-order valence-corrected chi connectivity index (χ2v) is 14.2. The molecule has 10 nitrogen and oxygen atoms in total. The molecule has 1 spiro atoms. The molecular weight excluding hydrogens is 597 g/mol. The highest BCUT2D eigenvalue weighted by molar-refractivity contribution is 5.97. The topological polar surface area (TPSA) is 102 Å². The Morgan fingerprint density at radius 3 is 2.36 bits per heavy atom. The lowest BCUT2D eigenvalue weighted by Gasteiger charge is -2.56. The normalized spacial score (nSPS) is 22.1. The maximum absolute atomic E-state index is 15.5. The van der Waals surface area contributed by atoms with Gasteiger partial charge in [-0.25, -0.2) is 4.39 Å². The molecule has 1 atom stereocenters. The summed E-state index contributed by atoms with van der Waals surface area (Å²) in [6.07, 6.45) is 11.0. The van der Waals surface area contributed by atoms with Crippen LogP contribution in [-0.4, -0.2) is 113 Å². The monoisotopic (exact) mass is 653 g/mol. The van der Waals surface area contributed by atoms with Crippen molar-refractivity contribution in [1.82, 2.24) is 25.8 Å². The van der Waals surface area contributed by atoms with E-state index in [0.717, 1.165) is 32.2 Å². The third-order valence-corrected chi connectivity index (χ3v) is 11.4. The maximum atomic E-state index is 15.5. The van der Waals surface area contributed by atoms with E-state index in [1.807, 2.05) is 0 Å². The molecule has 47 heavy (non-hydrogen) atoms. The highest BCUT2D eigenvalue weighted by Gasteiger charge is 2.48. The van der Waals surface area contributed by atoms with Crippen LogP contribution in [0.1, 0.15) is 80.1 Å². The zero-order chi connectivity index (χ0) is 33.4. The summed E-state index contributed by atoms with van der Waals surface area (Å²) in [6.45, 7) is 14.6. The SMILES string of the molecule is C=NCNC1CCN(C2CCN(C3CC4(CCN(c5cc(C(=O)NC(CCC=O)C(=C)NC)c(COC)cc5F)CC4)C3)CC2)CC1. The number of carbonyl (C=O) groups is 2. The largest absolute Gasteiger partial charge is 0.390 e. The number of anilines is 1. The summed E-state index contributed by atoms with van der Waals surface area (Å²) in [5.41, 5.74) is 2.32. The fourth-order valence-electron chi connectivity index (χ4n) is 8.42. The van der Waals surface area contributed by atoms with E-state index in [4.69, 9.17) is 4.74 Å². The third kappa shape index (κ3) is 8.60. The first-order valence-corrected chi connectivity index (χ1v) is 17.6. The van der Waals surface area contributed by atoms with Gasteiger partial charge >= 0.3 is 0 Å². The fourth-order valence-corrected chi connectivity index (χ4v) is 8.42. The smallest absolute Gasteiger partial charge is 0.252 e. The van der Waals surface area contributed by atoms with Gasteiger partial charge in [-0.1, -0.05) is 6.58 Å². The van der Waals surface area contributed by atoms with Gasteiger partial charge in [0.1, 0.15) is 12.1 Å². The van der Waals surface area contributed by atoms with Gasteiger partial charge in [0.25, 0.3) is 5.91 Å². The van der Waals surface area contributed by atoms with Crippen LogP contribution in [0.25, 0.3) is 0 Å². The quantitative estimate of drug-likeness (QED) is 0.195. The number of carbonyl (C=O) groups excluding carboxylic acids is 2. The Kier molecular flexibility index (Phi) is 12.4. The molecular formula is C36H56FN7O3. The van der Waals surface area contributed by atoms with Crippen molar-refractivity contribution in [2.75, 3.05) is 65.0 Å². The van der Waals surface area contributed by atoms with E-state index in [1.54, 1.807) is 13.1 Å². The number of aldehydes is 1. The van der Waals surface area contributed by atoms with Crippen molar-refractivity contribution in [2.24, 2.45) is 10.4 Å². The summed E-state index contributed by atoms with van der Waals surface area (Å²) in [7, 11) is 3.27. The molecule has 4 fully saturated rings. The van der Waals surface area contributed by atoms with Gasteiger partial charge in [-0.05, 0) is 114 Å². The molecule has 3 heterocycles. The number of nitrogens with one attached hydrogen (secondary N) is 3. The van der Waals surface area contributed by atoms with Gasteiger partial charge in [0.15, 0.2) is 0 Å². The van der Waals surface area contributed by atoms with Crippen LogP contribution in [0.4, 0.5) is 10.1 Å². The van der Waals surface area contributed by atoms with E-state index < -0.39 is 6.04 Å². The van der Waals surface area contributed by atoms with Crippen LogP contribution in [0.15, 0.2) is 29.4 Å². The molecule has 3 N–H and O–H groups in total. The summed E-state index contributed by atoms with van der Waals surface area (Å²) in [4.78, 5) is 36.0. The summed E-state index contributed by atoms with van der Waals surface area (Å²) < 4.78 is 20.8. The number of aliphatic imine (C=N–C) groups is 1. The number of likely N-dealkylation sites (N-methyl/N-ethyl adjacent to an activating group) is 1. The van der Waals surface area contributed by atoms with E-state index in [0.29, 0.717) is 65.6 Å². The van der Waals surface area contributed by atoms with Crippen LogP contribution in [0.2, 0.25) is 0 Å². The molecule has 5 rings (SSSR count). The molecule has 1 aromatic carbocycles. The van der Waals surface area contributed by atoms with E-state index in [9.17, 15) is 9.59 Å². The Morgan fingerprint density at radius 1 is 1.09 bits per heavy atom. The predicted octanol–water partition coefficient (Wildman–Crippen LogP) is 3.71. The Hall–Kier alpha value is -2.86. The number of amides is 1. The van der Waals surface area contributed by atoms with Gasteiger partial charge in [0, 0.05) is 63.1 Å². The molecule has 1 unspecified atom stereocenters. The fraction of sp³-hybridized carbons (Fsp3) is 0.694. The molecule has 3 saturated heterocycles. The minimum Gasteiger partial charge on any atom is -0.390 e. The number of halogens is 1. The van der Waals surface area contributed by atoms with Gasteiger partial charge < -0.3 is 34.9 Å². The maximum Gasteiger partial charge on any atom is 0.252 e. The summed E-state index contributed by atoms with van der Waals surface area (Å²) in [6, 6.07) is 4.65. The minimum atomic E-state index is -0.422. The van der Waals surface area contributed by atoms with Crippen molar-refractivity contribution in [3.8, 4) is 0 Å². The summed E-state index contributed by atoms with van der Waals surface area (Å²) in [5, 5.41) is 9.46. The zero-order valence-electron chi connectivity index (χ0n) is 28.6. The Morgan fingerprint density at radius 2 is 1.74 bits per heavy atom. The highest BCUT2D eigenvalue weighted by atomic mass is 19.1.